The lowest BCUT2D eigenvalue weighted by molar-refractivity contribution is 0.0592. The smallest absolute Gasteiger partial charge is 0.150 e. The Kier molecular flexibility index (Phi) is 7.62. The molecule has 0 saturated carbocycles. The first kappa shape index (κ1) is 23.1. The summed E-state index contributed by atoms with van der Waals surface area (Å²) in [6, 6.07) is 0. The lowest BCUT2D eigenvalue weighted by atomic mass is 10.1. The third kappa shape index (κ3) is 6.05. The van der Waals surface area contributed by atoms with Crippen molar-refractivity contribution >= 4 is 0 Å². The molecule has 14 nitrogen and oxygen atoms in total. The van der Waals surface area contributed by atoms with Gasteiger partial charge in [-0.05, 0) is 13.3 Å². The van der Waals surface area contributed by atoms with Crippen LogP contribution in [0.15, 0.2) is 31.6 Å². The molecule has 4 aromatic heterocycles. The number of methoxy groups -OCH3 is 1. The molecular formula is C20H22N12O2. The van der Waals surface area contributed by atoms with Crippen molar-refractivity contribution in [2.24, 2.45) is 0 Å². The second-order valence-electron chi connectivity index (χ2n) is 7.22. The molecule has 4 rings (SSSR count). The highest BCUT2D eigenvalue weighted by molar-refractivity contribution is 5.22. The van der Waals surface area contributed by atoms with Crippen LogP contribution in [0.4, 0.5) is 0 Å². The summed E-state index contributed by atoms with van der Waals surface area (Å²) in [5.74, 6) is 2.61. The Bertz CT molecular complexity index is 1210. The van der Waals surface area contributed by atoms with Crippen LogP contribution in [-0.2, 0) is 17.6 Å². The van der Waals surface area contributed by atoms with Gasteiger partial charge in [-0.1, -0.05) is 0 Å². The molecule has 0 aliphatic heterocycles. The Labute approximate surface area is 194 Å². The zero-order valence-corrected chi connectivity index (χ0v) is 18.6. The van der Waals surface area contributed by atoms with Crippen molar-refractivity contribution in [1.82, 2.24) is 59.8 Å². The van der Waals surface area contributed by atoms with E-state index in [1.807, 2.05) is 0 Å². The van der Waals surface area contributed by atoms with Crippen LogP contribution < -0.4 is 0 Å². The van der Waals surface area contributed by atoms with Gasteiger partial charge in [0.1, 0.15) is 66.7 Å². The van der Waals surface area contributed by atoms with Gasteiger partial charge >= 0.3 is 0 Å². The van der Waals surface area contributed by atoms with Gasteiger partial charge in [-0.25, -0.2) is 59.8 Å². The van der Waals surface area contributed by atoms with Gasteiger partial charge in [-0.2, -0.15) is 0 Å². The number of aryl methyl sites for hydroxylation is 2. The molecule has 34 heavy (non-hydrogen) atoms. The third-order valence-corrected chi connectivity index (χ3v) is 4.69. The Morgan fingerprint density at radius 2 is 1.35 bits per heavy atom. The standard InChI is InChI=1S/C20H22N12O2/c1-12-22-9-28-19(30-12)17(18-26-7-21-8-27-18)20-29-11-25-16(32-20)5-15-24-10-23-14(31-15)4-3-13(33)6-34-2/h7-11,13,17,33H,3-6H2,1-2H3. The number of aliphatic hydroxyl groups excluding tert-OH is 1. The third-order valence-electron chi connectivity index (χ3n) is 4.69. The van der Waals surface area contributed by atoms with Crippen LogP contribution in [0.3, 0.4) is 0 Å². The fraction of sp³-hybridized carbons (Fsp3) is 0.400. The topological polar surface area (TPSA) is 184 Å². The number of aliphatic hydroxyl groups is 1. The van der Waals surface area contributed by atoms with Gasteiger partial charge in [-0.3, -0.25) is 0 Å². The van der Waals surface area contributed by atoms with Gasteiger partial charge in [-0.15, -0.1) is 0 Å². The number of nitrogens with zero attached hydrogens (tertiary/aromatic N) is 12. The van der Waals surface area contributed by atoms with Crippen molar-refractivity contribution in [3.8, 4) is 0 Å². The van der Waals surface area contributed by atoms with Crippen molar-refractivity contribution in [3.63, 3.8) is 0 Å². The van der Waals surface area contributed by atoms with Crippen molar-refractivity contribution in [1.29, 1.82) is 0 Å². The van der Waals surface area contributed by atoms with E-state index in [0.29, 0.717) is 53.6 Å². The zero-order valence-electron chi connectivity index (χ0n) is 18.6. The highest BCUT2D eigenvalue weighted by Crippen LogP contribution is 2.23. The second-order valence-corrected chi connectivity index (χ2v) is 7.22. The normalized spacial score (nSPS) is 12.9. The van der Waals surface area contributed by atoms with Crippen LogP contribution in [0.5, 0.6) is 0 Å². The Morgan fingerprint density at radius 1 is 0.735 bits per heavy atom. The molecule has 2 unspecified atom stereocenters. The van der Waals surface area contributed by atoms with Crippen LogP contribution in [0.1, 0.15) is 53.1 Å². The molecule has 174 valence electrons. The van der Waals surface area contributed by atoms with Crippen LogP contribution in [0.2, 0.25) is 0 Å². The lowest BCUT2D eigenvalue weighted by Crippen LogP contribution is -2.17. The van der Waals surface area contributed by atoms with Gasteiger partial charge in [0.15, 0.2) is 11.6 Å². The van der Waals surface area contributed by atoms with Gasteiger partial charge in [0.05, 0.1) is 19.1 Å². The average molecular weight is 462 g/mol. The van der Waals surface area contributed by atoms with Crippen LogP contribution in [0.25, 0.3) is 0 Å². The van der Waals surface area contributed by atoms with Gasteiger partial charge in [0.2, 0.25) is 0 Å². The number of ether oxygens (including phenoxy) is 1. The van der Waals surface area contributed by atoms with E-state index in [1.54, 1.807) is 14.0 Å². The molecule has 0 aliphatic rings. The molecule has 1 N–H and O–H groups in total. The number of hydrogen-bond acceptors (Lipinski definition) is 14. The summed E-state index contributed by atoms with van der Waals surface area (Å²) >= 11 is 0. The maximum atomic E-state index is 9.85. The monoisotopic (exact) mass is 462 g/mol. The number of rotatable bonds is 10. The van der Waals surface area contributed by atoms with Crippen LogP contribution in [-0.4, -0.2) is 84.7 Å². The molecule has 0 amide bonds. The molecule has 2 atom stereocenters. The predicted octanol–water partition coefficient (Wildman–Crippen LogP) is -0.554. The minimum atomic E-state index is -0.636. The van der Waals surface area contributed by atoms with Crippen LogP contribution in [0, 0.1) is 6.92 Å². The molecule has 0 spiro atoms. The van der Waals surface area contributed by atoms with Crippen molar-refractivity contribution in [2.45, 2.75) is 38.2 Å². The SMILES string of the molecule is COCC(O)CCc1ncnc(Cc2ncnc(C(c3ncncn3)c3ncnc(C)n3)n2)n1. The maximum absolute atomic E-state index is 9.85. The largest absolute Gasteiger partial charge is 0.391 e. The maximum Gasteiger partial charge on any atom is 0.150 e. The summed E-state index contributed by atoms with van der Waals surface area (Å²) in [6.45, 7) is 2.02. The van der Waals surface area contributed by atoms with E-state index in [4.69, 9.17) is 4.74 Å². The summed E-state index contributed by atoms with van der Waals surface area (Å²) in [5, 5.41) is 9.85. The highest BCUT2D eigenvalue weighted by atomic mass is 16.5. The average Bonchev–Trinajstić information content (AvgIpc) is 2.84. The van der Waals surface area contributed by atoms with E-state index < -0.39 is 12.0 Å². The van der Waals surface area contributed by atoms with Gasteiger partial charge in [0.25, 0.3) is 0 Å². The molecule has 0 saturated heterocycles. The minimum absolute atomic E-state index is 0.256. The summed E-state index contributed by atoms with van der Waals surface area (Å²) in [7, 11) is 1.54. The molecule has 4 aromatic rings. The minimum Gasteiger partial charge on any atom is -0.391 e. The fourth-order valence-electron chi connectivity index (χ4n) is 3.13. The van der Waals surface area contributed by atoms with Crippen molar-refractivity contribution in [3.05, 3.63) is 72.4 Å². The molecule has 0 bridgehead atoms. The summed E-state index contributed by atoms with van der Waals surface area (Å²) < 4.78 is 4.95. The first-order chi connectivity index (χ1) is 16.6. The first-order valence-corrected chi connectivity index (χ1v) is 10.4. The molecule has 0 radical (unpaired) electrons. The van der Waals surface area contributed by atoms with E-state index in [-0.39, 0.29) is 13.0 Å². The Morgan fingerprint density at radius 3 is 2.09 bits per heavy atom. The number of hydrogen-bond donors (Lipinski definition) is 1. The fourth-order valence-corrected chi connectivity index (χ4v) is 3.13. The molecule has 14 heteroatoms. The number of aromatic nitrogens is 12. The van der Waals surface area contributed by atoms with E-state index >= 15 is 0 Å². The Hall–Kier alpha value is -4.04. The lowest BCUT2D eigenvalue weighted by Gasteiger charge is -2.13. The van der Waals surface area contributed by atoms with E-state index in [0.717, 1.165) is 0 Å². The van der Waals surface area contributed by atoms with E-state index in [1.165, 1.54) is 31.6 Å². The first-order valence-electron chi connectivity index (χ1n) is 10.4. The van der Waals surface area contributed by atoms with Crippen molar-refractivity contribution < 1.29 is 9.84 Å². The summed E-state index contributed by atoms with van der Waals surface area (Å²) in [6.07, 6.45) is 7.68. The van der Waals surface area contributed by atoms with E-state index in [9.17, 15) is 5.11 Å². The van der Waals surface area contributed by atoms with E-state index in [2.05, 4.69) is 59.8 Å². The Balaban J connectivity index is 1.58. The summed E-state index contributed by atoms with van der Waals surface area (Å²) in [4.78, 5) is 51.2. The molecule has 4 heterocycles. The summed E-state index contributed by atoms with van der Waals surface area (Å²) in [5.41, 5.74) is 0. The zero-order chi connectivity index (χ0) is 23.8. The van der Waals surface area contributed by atoms with Crippen molar-refractivity contribution in [2.75, 3.05) is 13.7 Å². The van der Waals surface area contributed by atoms with Crippen LogP contribution >= 0.6 is 0 Å². The quantitative estimate of drug-likeness (QED) is 0.316. The predicted molar refractivity (Wildman–Crippen MR) is 114 cm³/mol. The van der Waals surface area contributed by atoms with Gasteiger partial charge in [0, 0.05) is 13.5 Å². The van der Waals surface area contributed by atoms with Gasteiger partial charge < -0.3 is 9.84 Å². The second kappa shape index (κ2) is 11.2. The molecule has 0 aromatic carbocycles. The highest BCUT2D eigenvalue weighted by Gasteiger charge is 2.26. The molecular weight excluding hydrogens is 440 g/mol. The molecule has 0 fully saturated rings. The molecule has 0 aliphatic carbocycles.